The average Bonchev–Trinajstić information content (AvgIpc) is 2.81. The molecule has 0 spiro atoms. The number of aliphatic imine (C=N–C) groups is 1. The number of rotatable bonds is 3. The first-order valence-corrected chi connectivity index (χ1v) is 7.02. The van der Waals surface area contributed by atoms with Crippen LogP contribution in [0.4, 0.5) is 5.69 Å². The topological polar surface area (TPSA) is 62.4 Å². The number of anilines is 1. The Kier molecular flexibility index (Phi) is 4.74. The van der Waals surface area contributed by atoms with Gasteiger partial charge in [0, 0.05) is 15.0 Å². The number of hydrogen-bond donors (Lipinski definition) is 3. The smallest absolute Gasteiger partial charge is 0.210 e. The summed E-state index contributed by atoms with van der Waals surface area (Å²) in [6.45, 7) is 0.581. The van der Waals surface area contributed by atoms with Crippen LogP contribution in [-0.2, 0) is 6.54 Å². The van der Waals surface area contributed by atoms with Crippen molar-refractivity contribution in [1.29, 1.82) is 0 Å². The summed E-state index contributed by atoms with van der Waals surface area (Å²) in [6, 6.07) is 11.8. The molecule has 18 heavy (non-hydrogen) atoms. The summed E-state index contributed by atoms with van der Waals surface area (Å²) in [5.41, 5.74) is 3.50. The summed E-state index contributed by atoms with van der Waals surface area (Å²) < 4.78 is 1.08. The Morgan fingerprint density at radius 3 is 2.67 bits per heavy atom. The van der Waals surface area contributed by atoms with Crippen molar-refractivity contribution in [2.75, 3.05) is 5.32 Å². The molecule has 0 aliphatic rings. The largest absolute Gasteiger partial charge is 0.325 e. The molecule has 6 heteroatoms. The molecule has 0 saturated heterocycles. The maximum absolute atomic E-state index is 5.45. The van der Waals surface area contributed by atoms with E-state index < -0.39 is 0 Å². The van der Waals surface area contributed by atoms with Gasteiger partial charge < -0.3 is 5.32 Å². The molecular weight excluding hydrogens is 312 g/mol. The van der Waals surface area contributed by atoms with Crippen LogP contribution in [0.3, 0.4) is 0 Å². The average molecular weight is 325 g/mol. The SMILES string of the molecule is NNC(=NCc1sccc1Br)Nc1ccccc1. The second-order valence-corrected chi connectivity index (χ2v) is 5.35. The van der Waals surface area contributed by atoms with Gasteiger partial charge in [-0.3, -0.25) is 5.43 Å². The summed E-state index contributed by atoms with van der Waals surface area (Å²) in [7, 11) is 0. The molecule has 0 atom stereocenters. The second kappa shape index (κ2) is 6.53. The molecule has 0 bridgehead atoms. The lowest BCUT2D eigenvalue weighted by atomic mass is 10.3. The second-order valence-electron chi connectivity index (χ2n) is 3.49. The molecule has 2 rings (SSSR count). The fraction of sp³-hybridized carbons (Fsp3) is 0.0833. The number of hydrazine groups is 1. The molecule has 1 aromatic carbocycles. The van der Waals surface area contributed by atoms with Crippen LogP contribution in [0.15, 0.2) is 51.2 Å². The molecule has 0 aliphatic heterocycles. The van der Waals surface area contributed by atoms with Crippen LogP contribution in [-0.4, -0.2) is 5.96 Å². The Morgan fingerprint density at radius 1 is 1.28 bits per heavy atom. The van der Waals surface area contributed by atoms with Gasteiger partial charge in [0.1, 0.15) is 0 Å². The van der Waals surface area contributed by atoms with Crippen molar-refractivity contribution >= 4 is 38.9 Å². The molecule has 94 valence electrons. The van der Waals surface area contributed by atoms with Crippen molar-refractivity contribution in [1.82, 2.24) is 5.43 Å². The van der Waals surface area contributed by atoms with Gasteiger partial charge in [0.15, 0.2) is 0 Å². The van der Waals surface area contributed by atoms with Crippen LogP contribution in [0.25, 0.3) is 0 Å². The molecule has 1 heterocycles. The van der Waals surface area contributed by atoms with Crippen LogP contribution in [0.2, 0.25) is 0 Å². The summed E-state index contributed by atoms with van der Waals surface area (Å²) in [6.07, 6.45) is 0. The third-order valence-electron chi connectivity index (χ3n) is 2.25. The van der Waals surface area contributed by atoms with Crippen LogP contribution < -0.4 is 16.6 Å². The van der Waals surface area contributed by atoms with Gasteiger partial charge in [0.25, 0.3) is 0 Å². The van der Waals surface area contributed by atoms with Crippen molar-refractivity contribution in [3.05, 3.63) is 51.1 Å². The highest BCUT2D eigenvalue weighted by Crippen LogP contribution is 2.23. The number of benzene rings is 1. The number of thiophene rings is 1. The van der Waals surface area contributed by atoms with Crippen molar-refractivity contribution in [2.45, 2.75) is 6.54 Å². The van der Waals surface area contributed by atoms with Gasteiger partial charge in [-0.2, -0.15) is 0 Å². The first-order valence-electron chi connectivity index (χ1n) is 5.34. The minimum Gasteiger partial charge on any atom is -0.325 e. The summed E-state index contributed by atoms with van der Waals surface area (Å²) >= 11 is 5.13. The summed E-state index contributed by atoms with van der Waals surface area (Å²) in [5.74, 6) is 5.99. The molecular formula is C12H13BrN4S. The maximum Gasteiger partial charge on any atom is 0.210 e. The number of hydrogen-bond acceptors (Lipinski definition) is 3. The zero-order valence-corrected chi connectivity index (χ0v) is 12.0. The van der Waals surface area contributed by atoms with Gasteiger partial charge in [-0.25, -0.2) is 10.8 Å². The summed E-state index contributed by atoms with van der Waals surface area (Å²) in [5, 5.41) is 5.14. The summed E-state index contributed by atoms with van der Waals surface area (Å²) in [4.78, 5) is 5.56. The minimum atomic E-state index is 0.543. The van der Waals surface area contributed by atoms with Gasteiger partial charge in [-0.1, -0.05) is 18.2 Å². The Hall–Kier alpha value is -1.37. The van der Waals surface area contributed by atoms with Crippen LogP contribution in [0, 0.1) is 0 Å². The van der Waals surface area contributed by atoms with Crippen molar-refractivity contribution in [3.8, 4) is 0 Å². The third-order valence-corrected chi connectivity index (χ3v) is 4.16. The molecule has 0 aliphatic carbocycles. The van der Waals surface area contributed by atoms with Crippen LogP contribution in [0.1, 0.15) is 4.88 Å². The van der Waals surface area contributed by atoms with E-state index in [1.807, 2.05) is 41.8 Å². The predicted octanol–water partition coefficient (Wildman–Crippen LogP) is 2.94. The molecule has 0 unspecified atom stereocenters. The van der Waals surface area contributed by atoms with E-state index in [1.165, 1.54) is 0 Å². The van der Waals surface area contributed by atoms with Gasteiger partial charge in [-0.05, 0) is 39.5 Å². The van der Waals surface area contributed by atoms with E-state index in [4.69, 9.17) is 5.84 Å². The van der Waals surface area contributed by atoms with E-state index in [-0.39, 0.29) is 0 Å². The molecule has 1 aromatic heterocycles. The highest BCUT2D eigenvalue weighted by atomic mass is 79.9. The zero-order chi connectivity index (χ0) is 12.8. The number of guanidine groups is 1. The first kappa shape index (κ1) is 13.1. The first-order chi connectivity index (χ1) is 8.79. The van der Waals surface area contributed by atoms with Gasteiger partial charge in [0.05, 0.1) is 6.54 Å². The van der Waals surface area contributed by atoms with E-state index in [0.717, 1.165) is 15.0 Å². The molecule has 4 nitrogen and oxygen atoms in total. The molecule has 2 aromatic rings. The molecule has 0 radical (unpaired) electrons. The highest BCUT2D eigenvalue weighted by Gasteiger charge is 2.01. The molecule has 0 amide bonds. The lowest BCUT2D eigenvalue weighted by molar-refractivity contribution is 0.975. The van der Waals surface area contributed by atoms with E-state index >= 15 is 0 Å². The Labute approximate surface area is 118 Å². The zero-order valence-electron chi connectivity index (χ0n) is 9.56. The van der Waals surface area contributed by atoms with E-state index in [1.54, 1.807) is 11.3 Å². The number of nitrogens with zero attached hydrogens (tertiary/aromatic N) is 1. The lowest BCUT2D eigenvalue weighted by Crippen LogP contribution is -2.36. The normalized spacial score (nSPS) is 11.3. The monoisotopic (exact) mass is 324 g/mol. The lowest BCUT2D eigenvalue weighted by Gasteiger charge is -2.08. The fourth-order valence-electron chi connectivity index (χ4n) is 1.37. The van der Waals surface area contributed by atoms with Gasteiger partial charge >= 0.3 is 0 Å². The van der Waals surface area contributed by atoms with Gasteiger partial charge in [0.2, 0.25) is 5.96 Å². The van der Waals surface area contributed by atoms with Gasteiger partial charge in [-0.15, -0.1) is 11.3 Å². The number of halogens is 1. The number of nitrogens with two attached hydrogens (primary N) is 1. The fourth-order valence-corrected chi connectivity index (χ4v) is 2.77. The van der Waals surface area contributed by atoms with E-state index in [9.17, 15) is 0 Å². The minimum absolute atomic E-state index is 0.543. The van der Waals surface area contributed by atoms with Crippen molar-refractivity contribution in [2.24, 2.45) is 10.8 Å². The van der Waals surface area contributed by atoms with E-state index in [0.29, 0.717) is 12.5 Å². The Balaban J connectivity index is 2.03. The van der Waals surface area contributed by atoms with Crippen LogP contribution >= 0.6 is 27.3 Å². The highest BCUT2D eigenvalue weighted by molar-refractivity contribution is 9.10. The molecule has 4 N–H and O–H groups in total. The number of nitrogens with one attached hydrogen (secondary N) is 2. The number of para-hydroxylation sites is 1. The van der Waals surface area contributed by atoms with Crippen molar-refractivity contribution < 1.29 is 0 Å². The molecule has 0 saturated carbocycles. The predicted molar refractivity (Wildman–Crippen MR) is 80.5 cm³/mol. The standard InChI is InChI=1S/C12H13BrN4S/c13-10-6-7-18-11(10)8-15-12(17-14)16-9-4-2-1-3-5-9/h1-7H,8,14H2,(H2,15,16,17). The van der Waals surface area contributed by atoms with E-state index in [2.05, 4.69) is 31.7 Å². The van der Waals surface area contributed by atoms with Crippen LogP contribution in [0.5, 0.6) is 0 Å². The third kappa shape index (κ3) is 3.56. The maximum atomic E-state index is 5.45. The van der Waals surface area contributed by atoms with Crippen molar-refractivity contribution in [3.63, 3.8) is 0 Å². The Bertz CT molecular complexity index is 524. The quantitative estimate of drug-likeness (QED) is 0.352. The molecule has 0 fully saturated rings. The Morgan fingerprint density at radius 2 is 2.06 bits per heavy atom.